The van der Waals surface area contributed by atoms with E-state index in [0.29, 0.717) is 12.0 Å². The van der Waals surface area contributed by atoms with Crippen LogP contribution in [-0.2, 0) is 6.42 Å². The zero-order valence-electron chi connectivity index (χ0n) is 13.4. The molecule has 26 heavy (non-hydrogen) atoms. The maximum atomic E-state index is 12.6. The van der Waals surface area contributed by atoms with Crippen LogP contribution in [0.1, 0.15) is 50.4 Å². The smallest absolute Gasteiger partial charge is 0.374 e. The first-order chi connectivity index (χ1) is 12.6. The number of amides is 1. The Bertz CT molecular complexity index is 1100. The molecule has 0 radical (unpaired) electrons. The van der Waals surface area contributed by atoms with Crippen molar-refractivity contribution in [2.45, 2.75) is 18.9 Å². The molecule has 1 aromatic carbocycles. The standard InChI is InChI=1S/C17H12N6O3/c18-8-9-1-3-11-10(7-9)2-4-12(11)20-16(24)14-21-13-5-6-19-23(13)15(22-14)17(25)26/h1,3,5-7,12H,2,4H2,(H,20,24)(H,25,26)/t12-/m0/s1. The summed E-state index contributed by atoms with van der Waals surface area (Å²) >= 11 is 0. The highest BCUT2D eigenvalue weighted by molar-refractivity contribution is 5.93. The highest BCUT2D eigenvalue weighted by Crippen LogP contribution is 2.31. The number of fused-ring (bicyclic) bond motifs is 2. The Morgan fingerprint density at radius 1 is 1.31 bits per heavy atom. The lowest BCUT2D eigenvalue weighted by atomic mass is 10.1. The van der Waals surface area contributed by atoms with E-state index in [1.165, 1.54) is 12.3 Å². The summed E-state index contributed by atoms with van der Waals surface area (Å²) in [5.41, 5.74) is 2.78. The molecule has 0 fully saturated rings. The molecular weight excluding hydrogens is 336 g/mol. The Hall–Kier alpha value is -3.80. The number of benzene rings is 1. The first-order valence-electron chi connectivity index (χ1n) is 7.85. The van der Waals surface area contributed by atoms with Crippen LogP contribution in [0.15, 0.2) is 30.5 Å². The van der Waals surface area contributed by atoms with E-state index in [4.69, 9.17) is 5.26 Å². The van der Waals surface area contributed by atoms with Gasteiger partial charge in [0.1, 0.15) is 0 Å². The number of carboxylic acid groups (broad SMARTS) is 1. The number of carbonyl (C=O) groups is 2. The SMILES string of the molecule is N#Cc1ccc2c(c1)CC[C@@H]2NC(=O)c1nc(C(=O)O)n2nccc2n1. The van der Waals surface area contributed by atoms with E-state index in [9.17, 15) is 14.7 Å². The Kier molecular flexibility index (Phi) is 3.58. The van der Waals surface area contributed by atoms with Crippen molar-refractivity contribution in [1.82, 2.24) is 24.9 Å². The molecule has 0 bridgehead atoms. The van der Waals surface area contributed by atoms with Crippen LogP contribution in [0.3, 0.4) is 0 Å². The lowest BCUT2D eigenvalue weighted by Crippen LogP contribution is -2.30. The molecule has 0 unspecified atom stereocenters. The number of hydrogen-bond donors (Lipinski definition) is 2. The molecule has 4 rings (SSSR count). The van der Waals surface area contributed by atoms with E-state index in [-0.39, 0.29) is 23.3 Å². The normalized spacial score (nSPS) is 15.4. The van der Waals surface area contributed by atoms with Gasteiger partial charge in [-0.1, -0.05) is 6.07 Å². The second-order valence-electron chi connectivity index (χ2n) is 5.87. The average Bonchev–Trinajstić information content (AvgIpc) is 3.27. The van der Waals surface area contributed by atoms with Crippen molar-refractivity contribution in [1.29, 1.82) is 5.26 Å². The Morgan fingerprint density at radius 2 is 2.15 bits per heavy atom. The fraction of sp³-hybridized carbons (Fsp3) is 0.176. The summed E-state index contributed by atoms with van der Waals surface area (Å²) in [6.07, 6.45) is 2.83. The summed E-state index contributed by atoms with van der Waals surface area (Å²) in [6.45, 7) is 0. The van der Waals surface area contributed by atoms with Crippen molar-refractivity contribution in [3.8, 4) is 6.07 Å². The van der Waals surface area contributed by atoms with Gasteiger partial charge in [-0.25, -0.2) is 9.78 Å². The third-order valence-corrected chi connectivity index (χ3v) is 4.31. The van der Waals surface area contributed by atoms with Crippen LogP contribution in [0.25, 0.3) is 5.65 Å². The summed E-state index contributed by atoms with van der Waals surface area (Å²) < 4.78 is 1.06. The molecule has 1 amide bonds. The maximum Gasteiger partial charge on any atom is 0.374 e. The summed E-state index contributed by atoms with van der Waals surface area (Å²) in [7, 11) is 0. The lowest BCUT2D eigenvalue weighted by Gasteiger charge is -2.13. The highest BCUT2D eigenvalue weighted by atomic mass is 16.4. The maximum absolute atomic E-state index is 12.6. The fourth-order valence-corrected chi connectivity index (χ4v) is 3.13. The minimum atomic E-state index is -1.30. The molecule has 9 nitrogen and oxygen atoms in total. The summed E-state index contributed by atoms with van der Waals surface area (Å²) in [6, 6.07) is 8.72. The third-order valence-electron chi connectivity index (χ3n) is 4.31. The van der Waals surface area contributed by atoms with E-state index in [0.717, 1.165) is 22.1 Å². The number of nitrogens with one attached hydrogen (secondary N) is 1. The van der Waals surface area contributed by atoms with Crippen molar-refractivity contribution < 1.29 is 14.7 Å². The van der Waals surface area contributed by atoms with Crippen LogP contribution in [0.5, 0.6) is 0 Å². The van der Waals surface area contributed by atoms with E-state index in [1.807, 2.05) is 12.1 Å². The highest BCUT2D eigenvalue weighted by Gasteiger charge is 2.26. The van der Waals surface area contributed by atoms with Gasteiger partial charge in [-0.2, -0.15) is 19.9 Å². The molecule has 2 heterocycles. The number of hydrogen-bond acceptors (Lipinski definition) is 6. The molecule has 0 spiro atoms. The summed E-state index contributed by atoms with van der Waals surface area (Å²) in [5, 5.41) is 24.9. The van der Waals surface area contributed by atoms with Gasteiger partial charge in [0.05, 0.1) is 23.9 Å². The van der Waals surface area contributed by atoms with Gasteiger partial charge in [0.2, 0.25) is 11.6 Å². The molecule has 0 saturated heterocycles. The fourth-order valence-electron chi connectivity index (χ4n) is 3.13. The summed E-state index contributed by atoms with van der Waals surface area (Å²) in [4.78, 5) is 31.8. The zero-order chi connectivity index (χ0) is 18.3. The molecule has 2 aromatic heterocycles. The number of aryl methyl sites for hydroxylation is 1. The van der Waals surface area contributed by atoms with Crippen LogP contribution in [0.2, 0.25) is 0 Å². The van der Waals surface area contributed by atoms with Gasteiger partial charge in [0.25, 0.3) is 5.91 Å². The second kappa shape index (κ2) is 5.93. The minimum absolute atomic E-state index is 0.225. The van der Waals surface area contributed by atoms with Gasteiger partial charge in [0, 0.05) is 6.07 Å². The van der Waals surface area contributed by atoms with Crippen molar-refractivity contribution in [2.24, 2.45) is 0 Å². The molecule has 0 saturated carbocycles. The lowest BCUT2D eigenvalue weighted by molar-refractivity contribution is 0.0679. The summed E-state index contributed by atoms with van der Waals surface area (Å²) in [5.74, 6) is -2.46. The molecule has 0 aliphatic heterocycles. The van der Waals surface area contributed by atoms with Crippen LogP contribution in [0.4, 0.5) is 0 Å². The van der Waals surface area contributed by atoms with Crippen LogP contribution < -0.4 is 5.32 Å². The molecule has 2 N–H and O–H groups in total. The molecule has 1 atom stereocenters. The minimum Gasteiger partial charge on any atom is -0.475 e. The van der Waals surface area contributed by atoms with Gasteiger partial charge in [-0.05, 0) is 36.1 Å². The average molecular weight is 348 g/mol. The van der Waals surface area contributed by atoms with Crippen molar-refractivity contribution in [2.75, 3.05) is 0 Å². The Morgan fingerprint density at radius 3 is 2.92 bits per heavy atom. The van der Waals surface area contributed by atoms with Crippen LogP contribution >= 0.6 is 0 Å². The quantitative estimate of drug-likeness (QED) is 0.724. The topological polar surface area (TPSA) is 133 Å². The number of aromatic nitrogens is 4. The molecule has 1 aliphatic rings. The van der Waals surface area contributed by atoms with Gasteiger partial charge in [-0.3, -0.25) is 4.79 Å². The first kappa shape index (κ1) is 15.7. The zero-order valence-corrected chi connectivity index (χ0v) is 13.4. The van der Waals surface area contributed by atoms with Gasteiger partial charge < -0.3 is 10.4 Å². The monoisotopic (exact) mass is 348 g/mol. The Labute approximate surface area is 146 Å². The van der Waals surface area contributed by atoms with Crippen LogP contribution in [0, 0.1) is 11.3 Å². The second-order valence-corrected chi connectivity index (χ2v) is 5.87. The van der Waals surface area contributed by atoms with E-state index >= 15 is 0 Å². The van der Waals surface area contributed by atoms with E-state index in [2.05, 4.69) is 26.5 Å². The predicted octanol–water partition coefficient (Wildman–Crippen LogP) is 1.11. The predicted molar refractivity (Wildman–Crippen MR) is 87.4 cm³/mol. The van der Waals surface area contributed by atoms with E-state index < -0.39 is 11.9 Å². The van der Waals surface area contributed by atoms with Crippen LogP contribution in [-0.4, -0.2) is 36.6 Å². The number of aromatic carboxylic acids is 1. The van der Waals surface area contributed by atoms with Crippen molar-refractivity contribution in [3.05, 3.63) is 58.8 Å². The number of nitrogens with zero attached hydrogens (tertiary/aromatic N) is 5. The Balaban J connectivity index is 1.63. The van der Waals surface area contributed by atoms with Gasteiger partial charge in [-0.15, -0.1) is 0 Å². The number of rotatable bonds is 3. The molecular formula is C17H12N6O3. The van der Waals surface area contributed by atoms with Gasteiger partial charge >= 0.3 is 5.97 Å². The van der Waals surface area contributed by atoms with Gasteiger partial charge in [0.15, 0.2) is 5.65 Å². The van der Waals surface area contributed by atoms with E-state index in [1.54, 1.807) is 6.07 Å². The first-order valence-corrected chi connectivity index (χ1v) is 7.85. The molecule has 3 aromatic rings. The largest absolute Gasteiger partial charge is 0.475 e. The number of nitriles is 1. The molecule has 128 valence electrons. The number of carboxylic acids is 1. The third kappa shape index (κ3) is 2.53. The van der Waals surface area contributed by atoms with Crippen molar-refractivity contribution >= 4 is 17.5 Å². The number of carbonyl (C=O) groups excluding carboxylic acids is 1. The molecule has 1 aliphatic carbocycles. The molecule has 9 heteroatoms. The van der Waals surface area contributed by atoms with Crippen molar-refractivity contribution in [3.63, 3.8) is 0 Å².